The fourth-order valence-electron chi connectivity index (χ4n) is 3.41. The lowest BCUT2D eigenvalue weighted by Gasteiger charge is -2.35. The highest BCUT2D eigenvalue weighted by Crippen LogP contribution is 2.22. The number of carbonyl (C=O) groups is 2. The summed E-state index contributed by atoms with van der Waals surface area (Å²) in [6.07, 6.45) is 7.93. The molecule has 0 bridgehead atoms. The summed E-state index contributed by atoms with van der Waals surface area (Å²) in [4.78, 5) is 32.7. The summed E-state index contributed by atoms with van der Waals surface area (Å²) < 4.78 is 7.41. The van der Waals surface area contributed by atoms with Crippen LogP contribution in [0.4, 0.5) is 0 Å². The van der Waals surface area contributed by atoms with Crippen molar-refractivity contribution in [1.29, 1.82) is 0 Å². The van der Waals surface area contributed by atoms with Gasteiger partial charge in [-0.05, 0) is 25.3 Å². The van der Waals surface area contributed by atoms with Gasteiger partial charge in [0, 0.05) is 31.6 Å². The highest BCUT2D eigenvalue weighted by Gasteiger charge is 2.37. The first-order chi connectivity index (χ1) is 11.7. The lowest BCUT2D eigenvalue weighted by molar-refractivity contribution is -0.125. The van der Waals surface area contributed by atoms with Gasteiger partial charge in [-0.25, -0.2) is 9.97 Å². The molecule has 2 aromatic rings. The quantitative estimate of drug-likeness (QED) is 0.843. The maximum atomic E-state index is 12.6. The van der Waals surface area contributed by atoms with Crippen molar-refractivity contribution in [2.45, 2.75) is 43.9 Å². The van der Waals surface area contributed by atoms with Crippen LogP contribution in [0.1, 0.15) is 36.2 Å². The van der Waals surface area contributed by atoms with Crippen LogP contribution in [0, 0.1) is 0 Å². The van der Waals surface area contributed by atoms with E-state index in [0.717, 1.165) is 12.8 Å². The molecule has 0 radical (unpaired) electrons. The van der Waals surface area contributed by atoms with Crippen molar-refractivity contribution < 1.29 is 14.3 Å². The first kappa shape index (κ1) is 15.1. The number of rotatable bonds is 3. The normalized spacial score (nSPS) is 27.2. The Bertz CT molecular complexity index is 735. The lowest BCUT2D eigenvalue weighted by Crippen LogP contribution is -2.60. The van der Waals surface area contributed by atoms with Gasteiger partial charge in [0.1, 0.15) is 5.69 Å². The number of nitrogens with one attached hydrogen (secondary N) is 2. The fraction of sp³-hybridized carbons (Fsp3) is 0.500. The molecule has 0 spiro atoms. The van der Waals surface area contributed by atoms with Crippen LogP contribution in [0.5, 0.6) is 0 Å². The Morgan fingerprint density at radius 1 is 1.42 bits per heavy atom. The largest absolute Gasteiger partial charge is 0.376 e. The van der Waals surface area contributed by atoms with Crippen molar-refractivity contribution in [3.05, 3.63) is 30.4 Å². The molecule has 1 unspecified atom stereocenters. The molecular formula is C16H19N5O3. The Morgan fingerprint density at radius 2 is 2.33 bits per heavy atom. The molecule has 126 valence electrons. The van der Waals surface area contributed by atoms with Crippen LogP contribution < -0.4 is 10.6 Å². The van der Waals surface area contributed by atoms with Crippen molar-refractivity contribution in [3.63, 3.8) is 0 Å². The van der Waals surface area contributed by atoms with E-state index >= 15 is 0 Å². The van der Waals surface area contributed by atoms with Crippen LogP contribution in [0.15, 0.2) is 24.7 Å². The maximum absolute atomic E-state index is 12.6. The molecule has 2 aliphatic rings. The van der Waals surface area contributed by atoms with E-state index in [-0.39, 0.29) is 30.0 Å². The molecule has 0 aromatic carbocycles. The molecule has 8 heteroatoms. The summed E-state index contributed by atoms with van der Waals surface area (Å²) in [6.45, 7) is 0.704. The zero-order valence-corrected chi connectivity index (χ0v) is 13.1. The Morgan fingerprint density at radius 3 is 3.12 bits per heavy atom. The van der Waals surface area contributed by atoms with Gasteiger partial charge in [0.05, 0.1) is 18.2 Å². The van der Waals surface area contributed by atoms with E-state index in [1.165, 1.54) is 0 Å². The molecule has 0 aliphatic carbocycles. The lowest BCUT2D eigenvalue weighted by atomic mass is 9.92. The molecule has 4 rings (SSSR count). The average molecular weight is 329 g/mol. The number of imidazole rings is 1. The molecule has 2 amide bonds. The van der Waals surface area contributed by atoms with E-state index < -0.39 is 0 Å². The van der Waals surface area contributed by atoms with Gasteiger partial charge < -0.3 is 15.4 Å². The van der Waals surface area contributed by atoms with Crippen molar-refractivity contribution in [2.75, 3.05) is 6.61 Å². The number of amides is 2. The number of hydrogen-bond donors (Lipinski definition) is 2. The van der Waals surface area contributed by atoms with Crippen LogP contribution in [-0.2, 0) is 9.53 Å². The van der Waals surface area contributed by atoms with E-state index in [1.54, 1.807) is 29.1 Å². The van der Waals surface area contributed by atoms with Crippen molar-refractivity contribution in [3.8, 4) is 0 Å². The number of fused-ring (bicyclic) bond motifs is 1. The van der Waals surface area contributed by atoms with Crippen molar-refractivity contribution in [2.24, 2.45) is 0 Å². The van der Waals surface area contributed by atoms with E-state index in [4.69, 9.17) is 4.74 Å². The Labute approximate surface area is 138 Å². The molecule has 4 heterocycles. The third-order valence-electron chi connectivity index (χ3n) is 4.59. The highest BCUT2D eigenvalue weighted by atomic mass is 16.5. The molecule has 2 saturated heterocycles. The van der Waals surface area contributed by atoms with Crippen LogP contribution in [0.25, 0.3) is 5.78 Å². The summed E-state index contributed by atoms with van der Waals surface area (Å²) in [6, 6.07) is 1.43. The number of carbonyl (C=O) groups excluding carboxylic acids is 2. The number of piperidine rings is 1. The molecule has 2 aromatic heterocycles. The predicted molar refractivity (Wildman–Crippen MR) is 84.4 cm³/mol. The van der Waals surface area contributed by atoms with E-state index in [0.29, 0.717) is 30.9 Å². The number of nitrogens with zero attached hydrogens (tertiary/aromatic N) is 3. The van der Waals surface area contributed by atoms with Gasteiger partial charge >= 0.3 is 0 Å². The maximum Gasteiger partial charge on any atom is 0.271 e. The van der Waals surface area contributed by atoms with Crippen LogP contribution in [0.2, 0.25) is 0 Å². The minimum atomic E-state index is -0.260. The standard InChI is InChI=1S/C16H19N5O3/c22-13-5-4-10(14(20-13)12-3-1-8-24-12)18-15(23)11-9-21-7-2-6-17-16(21)19-11/h2,6-7,9-10,12,14H,1,3-5,8H2,(H,18,23)(H,20,22)/t10-,12?,14-/m0/s1. The van der Waals surface area contributed by atoms with E-state index in [9.17, 15) is 9.59 Å². The van der Waals surface area contributed by atoms with Gasteiger partial charge in [0.15, 0.2) is 0 Å². The van der Waals surface area contributed by atoms with E-state index in [2.05, 4.69) is 20.6 Å². The summed E-state index contributed by atoms with van der Waals surface area (Å²) in [5.74, 6) is 0.234. The summed E-state index contributed by atoms with van der Waals surface area (Å²) in [5.41, 5.74) is 0.316. The third-order valence-corrected chi connectivity index (χ3v) is 4.59. The monoisotopic (exact) mass is 329 g/mol. The molecule has 2 aliphatic heterocycles. The molecule has 24 heavy (non-hydrogen) atoms. The minimum Gasteiger partial charge on any atom is -0.376 e. The fourth-order valence-corrected chi connectivity index (χ4v) is 3.41. The SMILES string of the molecule is O=C1CC[C@H](NC(=O)c2cn3cccnc3n2)[C@@H](C2CCCO2)N1. The van der Waals surface area contributed by atoms with Crippen LogP contribution >= 0.6 is 0 Å². The number of hydrogen-bond acceptors (Lipinski definition) is 5. The van der Waals surface area contributed by atoms with Gasteiger partial charge in [-0.2, -0.15) is 0 Å². The topological polar surface area (TPSA) is 97.6 Å². The average Bonchev–Trinajstić information content (AvgIpc) is 3.25. The second kappa shape index (κ2) is 6.20. The first-order valence-electron chi connectivity index (χ1n) is 8.22. The molecule has 8 nitrogen and oxygen atoms in total. The molecule has 2 fully saturated rings. The minimum absolute atomic E-state index is 0.0120. The summed E-state index contributed by atoms with van der Waals surface area (Å²) in [5, 5.41) is 5.98. The zero-order valence-electron chi connectivity index (χ0n) is 13.1. The third kappa shape index (κ3) is 2.84. The summed E-state index contributed by atoms with van der Waals surface area (Å²) >= 11 is 0. The van der Waals surface area contributed by atoms with Gasteiger partial charge in [0.2, 0.25) is 11.7 Å². The Balaban J connectivity index is 1.51. The summed E-state index contributed by atoms with van der Waals surface area (Å²) in [7, 11) is 0. The van der Waals surface area contributed by atoms with Gasteiger partial charge in [0.25, 0.3) is 5.91 Å². The number of aromatic nitrogens is 3. The highest BCUT2D eigenvalue weighted by molar-refractivity contribution is 5.93. The second-order valence-electron chi connectivity index (χ2n) is 6.22. The van der Waals surface area contributed by atoms with Gasteiger partial charge in [-0.15, -0.1) is 0 Å². The van der Waals surface area contributed by atoms with Crippen LogP contribution in [-0.4, -0.2) is 51.0 Å². The molecule has 0 saturated carbocycles. The molecule has 2 N–H and O–H groups in total. The Kier molecular flexibility index (Phi) is 3.89. The first-order valence-corrected chi connectivity index (χ1v) is 8.22. The van der Waals surface area contributed by atoms with Crippen molar-refractivity contribution in [1.82, 2.24) is 25.0 Å². The molecule has 3 atom stereocenters. The van der Waals surface area contributed by atoms with Crippen LogP contribution in [0.3, 0.4) is 0 Å². The second-order valence-corrected chi connectivity index (χ2v) is 6.22. The van der Waals surface area contributed by atoms with Gasteiger partial charge in [-0.3, -0.25) is 14.0 Å². The number of ether oxygens (including phenoxy) is 1. The Hall–Kier alpha value is -2.48. The molecular weight excluding hydrogens is 310 g/mol. The predicted octanol–water partition coefficient (Wildman–Crippen LogP) is 0.285. The van der Waals surface area contributed by atoms with Crippen molar-refractivity contribution >= 4 is 17.6 Å². The smallest absolute Gasteiger partial charge is 0.271 e. The van der Waals surface area contributed by atoms with Gasteiger partial charge in [-0.1, -0.05) is 0 Å². The zero-order chi connectivity index (χ0) is 16.5. The van der Waals surface area contributed by atoms with E-state index in [1.807, 2.05) is 0 Å².